The minimum absolute atomic E-state index is 0.106. The van der Waals surface area contributed by atoms with Crippen molar-refractivity contribution in [1.29, 1.82) is 0 Å². The molecule has 0 unspecified atom stereocenters. The minimum Gasteiger partial charge on any atom is -0.481 e. The summed E-state index contributed by atoms with van der Waals surface area (Å²) in [6.45, 7) is 5.40. The summed E-state index contributed by atoms with van der Waals surface area (Å²) in [4.78, 5) is 69.9. The van der Waals surface area contributed by atoms with Crippen LogP contribution in [-0.2, 0) is 54.8 Å². The van der Waals surface area contributed by atoms with E-state index in [1.807, 2.05) is 0 Å². The maximum atomic E-state index is 12.5. The molecular formula is C45H42Cl3N3O9. The number of carbonyl (C=O) groups is 6. The third-order valence-corrected chi connectivity index (χ3v) is 10.3. The number of carboxylic acid groups (broad SMARTS) is 3. The molecular weight excluding hydrogens is 833 g/mol. The number of rotatable bonds is 12. The monoisotopic (exact) mass is 873 g/mol. The number of ketones is 3. The number of hydrogen-bond acceptors (Lipinski definition) is 6. The molecule has 0 bridgehead atoms. The zero-order valence-corrected chi connectivity index (χ0v) is 35.8. The first-order chi connectivity index (χ1) is 28.2. The third-order valence-electron chi connectivity index (χ3n) is 9.53. The molecule has 12 nitrogen and oxygen atoms in total. The van der Waals surface area contributed by atoms with E-state index >= 15 is 0 Å². The second-order valence-electron chi connectivity index (χ2n) is 13.9. The lowest BCUT2D eigenvalue weighted by Gasteiger charge is -2.07. The standard InChI is InChI=1S/3C15H14ClNO3/c3*1-9-7-12(8-13(18)19)17(2)14(9)15(20)10-3-5-11(16)6-4-10/h3*3-7H,8H2,1-2H3,(H,18,19). The highest BCUT2D eigenvalue weighted by atomic mass is 35.5. The Bertz CT molecular complexity index is 2300. The van der Waals surface area contributed by atoms with Gasteiger partial charge in [-0.25, -0.2) is 0 Å². The van der Waals surface area contributed by atoms with Gasteiger partial charge in [-0.15, -0.1) is 0 Å². The molecule has 6 aromatic rings. The lowest BCUT2D eigenvalue weighted by Crippen LogP contribution is -2.12. The summed E-state index contributed by atoms with van der Waals surface area (Å²) < 4.78 is 4.92. The molecule has 0 aliphatic heterocycles. The summed E-state index contributed by atoms with van der Waals surface area (Å²) in [5, 5.41) is 28.3. The molecule has 0 amide bonds. The van der Waals surface area contributed by atoms with Crippen LogP contribution in [0.15, 0.2) is 91.0 Å². The summed E-state index contributed by atoms with van der Waals surface area (Å²) in [6.07, 6.45) is -0.318. The molecule has 3 aromatic heterocycles. The number of aryl methyl sites for hydroxylation is 3. The molecule has 60 heavy (non-hydrogen) atoms. The highest BCUT2D eigenvalue weighted by Crippen LogP contribution is 2.23. The molecule has 312 valence electrons. The molecule has 0 aliphatic carbocycles. The average molecular weight is 875 g/mol. The highest BCUT2D eigenvalue weighted by molar-refractivity contribution is 6.31. The number of benzene rings is 3. The minimum atomic E-state index is -0.920. The van der Waals surface area contributed by atoms with Crippen LogP contribution < -0.4 is 0 Å². The Kier molecular flexibility index (Phi) is 15.6. The van der Waals surface area contributed by atoms with Crippen molar-refractivity contribution in [1.82, 2.24) is 13.7 Å². The maximum absolute atomic E-state index is 12.5. The van der Waals surface area contributed by atoms with Crippen molar-refractivity contribution >= 4 is 70.1 Å². The normalized spacial score (nSPS) is 10.6. The van der Waals surface area contributed by atoms with Gasteiger partial charge in [0.2, 0.25) is 17.3 Å². The second kappa shape index (κ2) is 20.2. The van der Waals surface area contributed by atoms with E-state index in [4.69, 9.17) is 50.1 Å². The van der Waals surface area contributed by atoms with Crippen LogP contribution in [0.1, 0.15) is 81.9 Å². The van der Waals surface area contributed by atoms with Gasteiger partial charge in [-0.1, -0.05) is 34.8 Å². The van der Waals surface area contributed by atoms with Gasteiger partial charge in [-0.05, 0) is 128 Å². The largest absolute Gasteiger partial charge is 0.481 e. The van der Waals surface area contributed by atoms with Gasteiger partial charge in [0.05, 0.1) is 36.3 Å². The summed E-state index contributed by atoms with van der Waals surface area (Å²) in [7, 11) is 5.11. The molecule has 6 rings (SSSR count). The number of carboxylic acids is 3. The lowest BCUT2D eigenvalue weighted by molar-refractivity contribution is -0.137. The van der Waals surface area contributed by atoms with Gasteiger partial charge in [0.25, 0.3) is 0 Å². The summed E-state index contributed by atoms with van der Waals surface area (Å²) in [6, 6.07) is 25.1. The third kappa shape index (κ3) is 11.5. The van der Waals surface area contributed by atoms with Crippen LogP contribution in [0.5, 0.6) is 0 Å². The second-order valence-corrected chi connectivity index (χ2v) is 15.2. The molecule has 0 fully saturated rings. The molecule has 0 radical (unpaired) electrons. The number of aliphatic carboxylic acids is 3. The Balaban J connectivity index is 0.000000198. The van der Waals surface area contributed by atoms with E-state index in [-0.39, 0.29) is 36.6 Å². The molecule has 0 spiro atoms. The van der Waals surface area contributed by atoms with Crippen LogP contribution in [0, 0.1) is 20.8 Å². The van der Waals surface area contributed by atoms with Crippen LogP contribution in [-0.4, -0.2) is 64.3 Å². The van der Waals surface area contributed by atoms with Crippen molar-refractivity contribution in [3.8, 4) is 0 Å². The van der Waals surface area contributed by atoms with Gasteiger partial charge in [-0.2, -0.15) is 0 Å². The Labute approximate surface area is 361 Å². The Hall–Kier alpha value is -6.21. The van der Waals surface area contributed by atoms with E-state index in [2.05, 4.69) is 0 Å². The van der Waals surface area contributed by atoms with Crippen molar-refractivity contribution in [2.45, 2.75) is 40.0 Å². The van der Waals surface area contributed by atoms with Crippen LogP contribution in [0.4, 0.5) is 0 Å². The average Bonchev–Trinajstić information content (AvgIpc) is 3.73. The van der Waals surface area contributed by atoms with Crippen molar-refractivity contribution in [3.63, 3.8) is 0 Å². The molecule has 15 heteroatoms. The predicted molar refractivity (Wildman–Crippen MR) is 229 cm³/mol. The Morgan fingerprint density at radius 3 is 0.800 bits per heavy atom. The van der Waals surface area contributed by atoms with Crippen molar-refractivity contribution in [2.75, 3.05) is 0 Å². The summed E-state index contributed by atoms with van der Waals surface area (Å²) in [5.74, 6) is -3.18. The first-order valence-corrected chi connectivity index (χ1v) is 19.3. The number of hydrogen-bond donors (Lipinski definition) is 3. The van der Waals surface area contributed by atoms with Crippen LogP contribution in [0.3, 0.4) is 0 Å². The molecule has 0 saturated heterocycles. The van der Waals surface area contributed by atoms with E-state index in [1.165, 1.54) is 0 Å². The van der Waals surface area contributed by atoms with Crippen LogP contribution >= 0.6 is 34.8 Å². The van der Waals surface area contributed by atoms with Crippen molar-refractivity contribution < 1.29 is 44.1 Å². The van der Waals surface area contributed by atoms with E-state index in [9.17, 15) is 28.8 Å². The lowest BCUT2D eigenvalue weighted by atomic mass is 10.1. The fourth-order valence-corrected chi connectivity index (χ4v) is 7.03. The smallest absolute Gasteiger partial charge is 0.309 e. The Morgan fingerprint density at radius 2 is 0.617 bits per heavy atom. The maximum Gasteiger partial charge on any atom is 0.309 e. The van der Waals surface area contributed by atoms with Gasteiger partial charge in [-0.3, -0.25) is 28.8 Å². The quantitative estimate of drug-likeness (QED) is 0.102. The van der Waals surface area contributed by atoms with Crippen LogP contribution in [0.25, 0.3) is 0 Å². The number of aromatic nitrogens is 3. The van der Waals surface area contributed by atoms with Gasteiger partial charge in [0.15, 0.2) is 0 Å². The highest BCUT2D eigenvalue weighted by Gasteiger charge is 2.22. The van der Waals surface area contributed by atoms with E-state index < -0.39 is 17.9 Å². The van der Waals surface area contributed by atoms with Gasteiger partial charge in [0, 0.05) is 70.0 Å². The predicted octanol–water partition coefficient (Wildman–Crippen LogP) is 8.54. The number of carbonyl (C=O) groups excluding carboxylic acids is 3. The first kappa shape index (κ1) is 46.5. The molecule has 0 aliphatic rings. The summed E-state index contributed by atoms with van der Waals surface area (Å²) >= 11 is 17.4. The van der Waals surface area contributed by atoms with Gasteiger partial charge >= 0.3 is 17.9 Å². The van der Waals surface area contributed by atoms with E-state index in [0.717, 1.165) is 16.7 Å². The SMILES string of the molecule is Cc1cc(CC(=O)O)n(C)c1C(=O)c1ccc(Cl)cc1.Cc1cc(CC(=O)O)n(C)c1C(=O)c1ccc(Cl)cc1.Cc1cc(CC(=O)O)n(C)c1C(=O)c1ccc(Cl)cc1. The van der Waals surface area contributed by atoms with E-state index in [0.29, 0.717) is 65.9 Å². The zero-order chi connectivity index (χ0) is 44.6. The number of halogens is 3. The molecule has 3 aromatic carbocycles. The fourth-order valence-electron chi connectivity index (χ4n) is 6.65. The van der Waals surface area contributed by atoms with Crippen LogP contribution in [0.2, 0.25) is 15.1 Å². The Morgan fingerprint density at radius 1 is 0.417 bits per heavy atom. The zero-order valence-electron chi connectivity index (χ0n) is 33.5. The first-order valence-electron chi connectivity index (χ1n) is 18.2. The molecule has 0 atom stereocenters. The van der Waals surface area contributed by atoms with E-state index in [1.54, 1.807) is 147 Å². The van der Waals surface area contributed by atoms with Crippen molar-refractivity contribution in [2.24, 2.45) is 21.1 Å². The van der Waals surface area contributed by atoms with Gasteiger partial charge < -0.3 is 29.0 Å². The van der Waals surface area contributed by atoms with Gasteiger partial charge in [0.1, 0.15) is 0 Å². The summed E-state index contributed by atoms with van der Waals surface area (Å²) in [5.41, 5.74) is 7.21. The molecule has 3 heterocycles. The molecule has 0 saturated carbocycles. The van der Waals surface area contributed by atoms with Crippen molar-refractivity contribution in [3.05, 3.63) is 174 Å². The molecule has 3 N–H and O–H groups in total. The topological polar surface area (TPSA) is 178 Å². The number of nitrogens with zero attached hydrogens (tertiary/aromatic N) is 3. The fraction of sp³-hybridized carbons (Fsp3) is 0.200.